The number of carbonyl (C=O) groups is 1. The van der Waals surface area contributed by atoms with Crippen LogP contribution in [0.15, 0.2) is 41.3 Å². The minimum absolute atomic E-state index is 0.0652. The predicted octanol–water partition coefficient (Wildman–Crippen LogP) is 1.64. The molecule has 0 fully saturated rings. The second-order valence-corrected chi connectivity index (χ2v) is 7.87. The summed E-state index contributed by atoms with van der Waals surface area (Å²) >= 11 is 0. The van der Waals surface area contributed by atoms with Gasteiger partial charge in [-0.15, -0.1) is 0 Å². The fourth-order valence-electron chi connectivity index (χ4n) is 3.00. The van der Waals surface area contributed by atoms with Crippen molar-refractivity contribution in [3.63, 3.8) is 0 Å². The highest BCUT2D eigenvalue weighted by Gasteiger charge is 2.21. The lowest BCUT2D eigenvalue weighted by molar-refractivity contribution is 0.0948. The van der Waals surface area contributed by atoms with Crippen LogP contribution < -0.4 is 19.9 Å². The van der Waals surface area contributed by atoms with Gasteiger partial charge in [-0.25, -0.2) is 13.6 Å². The Morgan fingerprint density at radius 3 is 2.67 bits per heavy atom. The molecule has 2 aromatic rings. The summed E-state index contributed by atoms with van der Waals surface area (Å²) in [4.78, 5) is 12.7. The van der Waals surface area contributed by atoms with Gasteiger partial charge in [-0.2, -0.15) is 0 Å². The first kappa shape index (κ1) is 19.2. The summed E-state index contributed by atoms with van der Waals surface area (Å²) in [6.07, 6.45) is 2.32. The number of rotatable bonds is 6. The Bertz CT molecular complexity index is 939. The molecule has 0 atom stereocenters. The number of methoxy groups -OCH3 is 1. The molecule has 3 N–H and O–H groups in total. The van der Waals surface area contributed by atoms with Gasteiger partial charge in [0.2, 0.25) is 10.0 Å². The van der Waals surface area contributed by atoms with E-state index in [0.29, 0.717) is 36.6 Å². The van der Waals surface area contributed by atoms with E-state index in [-0.39, 0.29) is 10.8 Å². The van der Waals surface area contributed by atoms with Crippen LogP contribution in [0.1, 0.15) is 27.9 Å². The Labute approximate surface area is 158 Å². The van der Waals surface area contributed by atoms with Crippen LogP contribution in [0.25, 0.3) is 0 Å². The normalized spacial score (nSPS) is 13.4. The molecule has 7 nitrogen and oxygen atoms in total. The zero-order valence-electron chi connectivity index (χ0n) is 15.0. The summed E-state index contributed by atoms with van der Waals surface area (Å²) in [7, 11) is -2.13. The van der Waals surface area contributed by atoms with Crippen molar-refractivity contribution in [3.8, 4) is 11.5 Å². The number of nitrogens with one attached hydrogen (secondary N) is 1. The zero-order valence-corrected chi connectivity index (χ0v) is 15.8. The third kappa shape index (κ3) is 4.58. The van der Waals surface area contributed by atoms with Crippen molar-refractivity contribution < 1.29 is 22.7 Å². The van der Waals surface area contributed by atoms with Crippen LogP contribution in [-0.4, -0.2) is 34.6 Å². The Hall–Kier alpha value is -2.58. The van der Waals surface area contributed by atoms with Crippen LogP contribution in [-0.2, 0) is 22.9 Å². The minimum Gasteiger partial charge on any atom is -0.497 e. The lowest BCUT2D eigenvalue weighted by Gasteiger charge is -2.21. The Morgan fingerprint density at radius 2 is 2.00 bits per heavy atom. The number of ether oxygens (including phenoxy) is 2. The number of amides is 1. The number of nitrogens with two attached hydrogens (primary N) is 1. The van der Waals surface area contributed by atoms with Crippen LogP contribution in [0.4, 0.5) is 0 Å². The van der Waals surface area contributed by atoms with E-state index >= 15 is 0 Å². The lowest BCUT2D eigenvalue weighted by atomic mass is 10.0. The van der Waals surface area contributed by atoms with Gasteiger partial charge in [-0.1, -0.05) is 12.1 Å². The van der Waals surface area contributed by atoms with Crippen molar-refractivity contribution >= 4 is 15.9 Å². The molecular weight excluding hydrogens is 368 g/mol. The highest BCUT2D eigenvalue weighted by molar-refractivity contribution is 7.89. The summed E-state index contributed by atoms with van der Waals surface area (Å²) < 4.78 is 33.5. The number of hydrogen-bond donors (Lipinski definition) is 2. The zero-order chi connectivity index (χ0) is 19.4. The van der Waals surface area contributed by atoms with Crippen LogP contribution in [0.3, 0.4) is 0 Å². The predicted molar refractivity (Wildman–Crippen MR) is 101 cm³/mol. The van der Waals surface area contributed by atoms with E-state index in [2.05, 4.69) is 5.32 Å². The van der Waals surface area contributed by atoms with E-state index in [9.17, 15) is 13.2 Å². The monoisotopic (exact) mass is 390 g/mol. The van der Waals surface area contributed by atoms with Gasteiger partial charge in [0.05, 0.1) is 24.2 Å². The Kier molecular flexibility index (Phi) is 5.67. The number of hydrogen-bond acceptors (Lipinski definition) is 5. The summed E-state index contributed by atoms with van der Waals surface area (Å²) in [6.45, 7) is 0.996. The van der Waals surface area contributed by atoms with Crippen LogP contribution in [0, 0.1) is 0 Å². The lowest BCUT2D eigenvalue weighted by Crippen LogP contribution is -2.27. The number of benzene rings is 2. The molecule has 0 aliphatic carbocycles. The maximum absolute atomic E-state index is 12.6. The van der Waals surface area contributed by atoms with Crippen molar-refractivity contribution in [2.45, 2.75) is 24.2 Å². The van der Waals surface area contributed by atoms with Gasteiger partial charge >= 0.3 is 0 Å². The first-order valence-electron chi connectivity index (χ1n) is 8.62. The SMILES string of the molecule is COc1cc2c(c(C(=O)NCCc3ccc(S(N)(=O)=O)cc3)c1)OCCC2. The maximum Gasteiger partial charge on any atom is 0.255 e. The van der Waals surface area contributed by atoms with Crippen molar-refractivity contribution in [3.05, 3.63) is 53.1 Å². The average molecular weight is 390 g/mol. The van der Waals surface area contributed by atoms with E-state index in [4.69, 9.17) is 14.6 Å². The van der Waals surface area contributed by atoms with E-state index in [1.807, 2.05) is 6.07 Å². The summed E-state index contributed by atoms with van der Waals surface area (Å²) in [5.41, 5.74) is 2.34. The molecule has 27 heavy (non-hydrogen) atoms. The minimum atomic E-state index is -3.70. The molecule has 1 heterocycles. The van der Waals surface area contributed by atoms with Crippen LogP contribution in [0.2, 0.25) is 0 Å². The second kappa shape index (κ2) is 7.98. The van der Waals surface area contributed by atoms with E-state index in [1.54, 1.807) is 25.3 Å². The van der Waals surface area contributed by atoms with E-state index in [0.717, 1.165) is 24.0 Å². The standard InChI is InChI=1S/C19H22N2O5S/c1-25-15-11-14-3-2-10-26-18(14)17(12-15)19(22)21-9-8-13-4-6-16(7-5-13)27(20,23)24/h4-7,11-12H,2-3,8-10H2,1H3,(H,21,22)(H2,20,23,24). The molecule has 0 saturated heterocycles. The highest BCUT2D eigenvalue weighted by Crippen LogP contribution is 2.33. The molecule has 1 aliphatic heterocycles. The molecule has 0 aromatic heterocycles. The first-order valence-corrected chi connectivity index (χ1v) is 10.2. The van der Waals surface area contributed by atoms with Gasteiger partial charge in [0.25, 0.3) is 5.91 Å². The molecule has 0 saturated carbocycles. The van der Waals surface area contributed by atoms with Crippen LogP contribution in [0.5, 0.6) is 11.5 Å². The topological polar surface area (TPSA) is 108 Å². The van der Waals surface area contributed by atoms with Crippen molar-refractivity contribution in [1.29, 1.82) is 0 Å². The summed E-state index contributed by atoms with van der Waals surface area (Å²) in [5, 5.41) is 7.96. The number of fused-ring (bicyclic) bond motifs is 1. The highest BCUT2D eigenvalue weighted by atomic mass is 32.2. The largest absolute Gasteiger partial charge is 0.497 e. The van der Waals surface area contributed by atoms with Gasteiger partial charge in [0, 0.05) is 6.54 Å². The van der Waals surface area contributed by atoms with Gasteiger partial charge in [-0.05, 0) is 54.7 Å². The smallest absolute Gasteiger partial charge is 0.255 e. The summed E-state index contributed by atoms with van der Waals surface area (Å²) in [6, 6.07) is 9.86. The van der Waals surface area contributed by atoms with E-state index in [1.165, 1.54) is 12.1 Å². The molecule has 144 valence electrons. The Morgan fingerprint density at radius 1 is 1.26 bits per heavy atom. The molecule has 0 bridgehead atoms. The third-order valence-corrected chi connectivity index (χ3v) is 5.34. The van der Waals surface area contributed by atoms with Gasteiger partial charge in [-0.3, -0.25) is 4.79 Å². The fourth-order valence-corrected chi connectivity index (χ4v) is 3.52. The molecular formula is C19H22N2O5S. The molecule has 8 heteroatoms. The molecule has 2 aromatic carbocycles. The molecule has 0 unspecified atom stereocenters. The van der Waals surface area contributed by atoms with Gasteiger partial charge < -0.3 is 14.8 Å². The molecule has 3 rings (SSSR count). The molecule has 1 aliphatic rings. The van der Waals surface area contributed by atoms with Crippen molar-refractivity contribution in [2.24, 2.45) is 5.14 Å². The number of primary sulfonamides is 1. The second-order valence-electron chi connectivity index (χ2n) is 6.31. The quantitative estimate of drug-likeness (QED) is 0.780. The number of sulfonamides is 1. The average Bonchev–Trinajstić information content (AvgIpc) is 2.66. The van der Waals surface area contributed by atoms with E-state index < -0.39 is 10.0 Å². The van der Waals surface area contributed by atoms with Crippen LogP contribution >= 0.6 is 0 Å². The Balaban J connectivity index is 1.66. The number of carbonyl (C=O) groups excluding carboxylic acids is 1. The molecule has 0 radical (unpaired) electrons. The molecule has 0 spiro atoms. The van der Waals surface area contributed by atoms with Gasteiger partial charge in [0.15, 0.2) is 0 Å². The number of aryl methyl sites for hydroxylation is 1. The third-order valence-electron chi connectivity index (χ3n) is 4.41. The first-order chi connectivity index (χ1) is 12.9. The molecule has 1 amide bonds. The maximum atomic E-state index is 12.6. The fraction of sp³-hybridized carbons (Fsp3) is 0.316. The van der Waals surface area contributed by atoms with Crippen molar-refractivity contribution in [2.75, 3.05) is 20.3 Å². The van der Waals surface area contributed by atoms with Crippen molar-refractivity contribution in [1.82, 2.24) is 5.32 Å². The summed E-state index contributed by atoms with van der Waals surface area (Å²) in [5.74, 6) is 1.02. The van der Waals surface area contributed by atoms with Gasteiger partial charge in [0.1, 0.15) is 11.5 Å².